The van der Waals surface area contributed by atoms with Gasteiger partial charge in [-0.15, -0.1) is 0 Å². The number of urea groups is 1. The molecule has 1 spiro atoms. The predicted molar refractivity (Wildman–Crippen MR) is 135 cm³/mol. The standard InChI is InChI=1S/C25H20Br2N4O2/c1-15-25(23(32)31(30-15)20-5-3-2-4-6-20)21(16-7-11-18(26)12-8-16)28-24(33)29-22(25)17-9-13-19(27)14-10-17/h2-14,21-22H,1H3,(H2,28,29,33). The highest BCUT2D eigenvalue weighted by Crippen LogP contribution is 2.52. The first kappa shape index (κ1) is 21.9. The molecule has 0 aromatic heterocycles. The molecule has 0 bridgehead atoms. The van der Waals surface area contributed by atoms with Gasteiger partial charge >= 0.3 is 6.03 Å². The lowest BCUT2D eigenvalue weighted by Crippen LogP contribution is -2.63. The second-order valence-corrected chi connectivity index (χ2v) is 9.93. The maximum absolute atomic E-state index is 14.3. The minimum absolute atomic E-state index is 0.195. The van der Waals surface area contributed by atoms with Gasteiger partial charge in [0.25, 0.3) is 5.91 Å². The van der Waals surface area contributed by atoms with E-state index in [9.17, 15) is 9.59 Å². The van der Waals surface area contributed by atoms with Crippen molar-refractivity contribution < 1.29 is 9.59 Å². The van der Waals surface area contributed by atoms with E-state index in [1.807, 2.05) is 85.8 Å². The number of nitrogens with one attached hydrogen (secondary N) is 2. The Kier molecular flexibility index (Phi) is 5.58. The number of halogens is 2. The third-order valence-electron chi connectivity index (χ3n) is 6.26. The lowest BCUT2D eigenvalue weighted by molar-refractivity contribution is -0.127. The highest BCUT2D eigenvalue weighted by atomic mass is 79.9. The van der Waals surface area contributed by atoms with Crippen molar-refractivity contribution >= 4 is 55.2 Å². The molecule has 2 atom stereocenters. The lowest BCUT2D eigenvalue weighted by atomic mass is 9.65. The number of carbonyl (C=O) groups excluding carboxylic acids is 2. The third-order valence-corrected chi connectivity index (χ3v) is 7.32. The molecule has 2 aliphatic rings. The predicted octanol–water partition coefficient (Wildman–Crippen LogP) is 5.72. The zero-order valence-corrected chi connectivity index (χ0v) is 20.8. The van der Waals surface area contributed by atoms with Crippen molar-refractivity contribution in [3.05, 3.63) is 98.9 Å². The van der Waals surface area contributed by atoms with Gasteiger partial charge in [0.15, 0.2) is 0 Å². The first-order chi connectivity index (χ1) is 15.9. The first-order valence-corrected chi connectivity index (χ1v) is 12.0. The van der Waals surface area contributed by atoms with Crippen LogP contribution < -0.4 is 15.6 Å². The van der Waals surface area contributed by atoms with E-state index in [0.29, 0.717) is 11.4 Å². The van der Waals surface area contributed by atoms with Crippen molar-refractivity contribution in [3.63, 3.8) is 0 Å². The average molecular weight is 568 g/mol. The second-order valence-electron chi connectivity index (χ2n) is 8.09. The minimum atomic E-state index is -1.16. The van der Waals surface area contributed by atoms with E-state index < -0.39 is 17.5 Å². The van der Waals surface area contributed by atoms with E-state index in [-0.39, 0.29) is 11.9 Å². The Labute approximate surface area is 208 Å². The molecule has 6 nitrogen and oxygen atoms in total. The van der Waals surface area contributed by atoms with Gasteiger partial charge in [0.1, 0.15) is 5.41 Å². The third kappa shape index (κ3) is 3.57. The monoisotopic (exact) mass is 566 g/mol. The number of carbonyl (C=O) groups is 2. The number of amides is 3. The van der Waals surface area contributed by atoms with Gasteiger partial charge in [-0.3, -0.25) is 4.79 Å². The van der Waals surface area contributed by atoms with Crippen molar-refractivity contribution in [2.45, 2.75) is 19.0 Å². The summed E-state index contributed by atoms with van der Waals surface area (Å²) in [7, 11) is 0. The highest BCUT2D eigenvalue weighted by molar-refractivity contribution is 9.10. The number of hydrogen-bond acceptors (Lipinski definition) is 3. The molecule has 0 radical (unpaired) electrons. The lowest BCUT2D eigenvalue weighted by Gasteiger charge is -2.46. The van der Waals surface area contributed by atoms with E-state index in [2.05, 4.69) is 42.5 Å². The van der Waals surface area contributed by atoms with Crippen molar-refractivity contribution in [3.8, 4) is 0 Å². The Balaban J connectivity index is 1.72. The van der Waals surface area contributed by atoms with Crippen LogP contribution in [0.2, 0.25) is 0 Å². The SMILES string of the molecule is CC1=NN(c2ccccc2)C(=O)C12C(c1ccc(Br)cc1)NC(=O)NC2c1ccc(Br)cc1. The number of hydrogen-bond donors (Lipinski definition) is 2. The molecule has 3 aromatic rings. The number of para-hydroxylation sites is 1. The van der Waals surface area contributed by atoms with Crippen LogP contribution in [0.25, 0.3) is 0 Å². The summed E-state index contributed by atoms with van der Waals surface area (Å²) >= 11 is 6.95. The second kappa shape index (κ2) is 8.43. The molecule has 166 valence electrons. The van der Waals surface area contributed by atoms with Gasteiger partial charge in [-0.05, 0) is 54.4 Å². The summed E-state index contributed by atoms with van der Waals surface area (Å²) in [5.74, 6) is -0.195. The molecule has 5 rings (SSSR count). The van der Waals surface area contributed by atoms with Crippen LogP contribution in [0.5, 0.6) is 0 Å². The highest BCUT2D eigenvalue weighted by Gasteiger charge is 2.63. The fourth-order valence-electron chi connectivity index (χ4n) is 4.72. The topological polar surface area (TPSA) is 73.8 Å². The molecule has 0 aliphatic carbocycles. The smallest absolute Gasteiger partial charge is 0.315 e. The molecule has 0 saturated carbocycles. The zero-order valence-electron chi connectivity index (χ0n) is 17.6. The van der Waals surface area contributed by atoms with Gasteiger partial charge in [0.05, 0.1) is 23.5 Å². The maximum atomic E-state index is 14.3. The van der Waals surface area contributed by atoms with E-state index in [1.165, 1.54) is 5.01 Å². The number of hydrazone groups is 1. The summed E-state index contributed by atoms with van der Waals surface area (Å²) in [6.45, 7) is 1.86. The molecule has 3 aromatic carbocycles. The van der Waals surface area contributed by atoms with Crippen molar-refractivity contribution in [1.82, 2.24) is 10.6 Å². The van der Waals surface area contributed by atoms with Crippen LogP contribution >= 0.6 is 31.9 Å². The quantitative estimate of drug-likeness (QED) is 0.425. The Morgan fingerprint density at radius 2 is 1.27 bits per heavy atom. The van der Waals surface area contributed by atoms with Crippen LogP contribution in [0.3, 0.4) is 0 Å². The molecule has 3 amide bonds. The van der Waals surface area contributed by atoms with Gasteiger partial charge < -0.3 is 10.6 Å². The summed E-state index contributed by atoms with van der Waals surface area (Å²) in [5, 5.41) is 12.2. The summed E-state index contributed by atoms with van der Waals surface area (Å²) in [6.07, 6.45) is 0. The molecule has 8 heteroatoms. The molecular formula is C25H20Br2N4O2. The van der Waals surface area contributed by atoms with E-state index in [0.717, 1.165) is 20.1 Å². The van der Waals surface area contributed by atoms with Crippen molar-refractivity contribution in [2.24, 2.45) is 10.5 Å². The Morgan fingerprint density at radius 1 is 0.788 bits per heavy atom. The van der Waals surface area contributed by atoms with E-state index in [1.54, 1.807) is 0 Å². The average Bonchev–Trinajstić information content (AvgIpc) is 3.08. The Hall–Kier alpha value is -2.97. The molecule has 1 fully saturated rings. The van der Waals surface area contributed by atoms with Gasteiger partial charge in [0, 0.05) is 8.95 Å². The van der Waals surface area contributed by atoms with Crippen LogP contribution in [-0.4, -0.2) is 17.6 Å². The largest absolute Gasteiger partial charge is 0.330 e. The molecule has 2 aliphatic heterocycles. The molecule has 2 N–H and O–H groups in total. The van der Waals surface area contributed by atoms with Gasteiger partial charge in [0.2, 0.25) is 0 Å². The van der Waals surface area contributed by atoms with Crippen molar-refractivity contribution in [2.75, 3.05) is 5.01 Å². The van der Waals surface area contributed by atoms with Crippen LogP contribution in [-0.2, 0) is 4.79 Å². The fraction of sp³-hybridized carbons (Fsp3) is 0.160. The zero-order chi connectivity index (χ0) is 23.2. The first-order valence-electron chi connectivity index (χ1n) is 10.4. The normalized spacial score (nSPS) is 24.5. The molecule has 2 heterocycles. The maximum Gasteiger partial charge on any atom is 0.315 e. The van der Waals surface area contributed by atoms with Crippen LogP contribution in [0.4, 0.5) is 10.5 Å². The summed E-state index contributed by atoms with van der Waals surface area (Å²) in [6, 6.07) is 23.1. The van der Waals surface area contributed by atoms with Gasteiger partial charge in [-0.2, -0.15) is 10.1 Å². The number of anilines is 1. The Morgan fingerprint density at radius 3 is 1.76 bits per heavy atom. The van der Waals surface area contributed by atoms with E-state index in [4.69, 9.17) is 5.10 Å². The van der Waals surface area contributed by atoms with E-state index >= 15 is 0 Å². The minimum Gasteiger partial charge on any atom is -0.330 e. The van der Waals surface area contributed by atoms with Gasteiger partial charge in [-0.1, -0.05) is 74.3 Å². The molecule has 1 saturated heterocycles. The Bertz CT molecular complexity index is 1190. The van der Waals surface area contributed by atoms with Crippen molar-refractivity contribution in [1.29, 1.82) is 0 Å². The van der Waals surface area contributed by atoms with Crippen LogP contribution in [0.1, 0.15) is 30.1 Å². The number of rotatable bonds is 3. The van der Waals surface area contributed by atoms with Crippen LogP contribution in [0, 0.1) is 5.41 Å². The summed E-state index contributed by atoms with van der Waals surface area (Å²) < 4.78 is 1.83. The molecule has 2 unspecified atom stereocenters. The summed E-state index contributed by atoms with van der Waals surface area (Å²) in [5.41, 5.74) is 1.80. The fourth-order valence-corrected chi connectivity index (χ4v) is 5.25. The number of benzene rings is 3. The van der Waals surface area contributed by atoms with Crippen LogP contribution in [0.15, 0.2) is 92.9 Å². The molecular weight excluding hydrogens is 548 g/mol. The van der Waals surface area contributed by atoms with Gasteiger partial charge in [-0.25, -0.2) is 4.79 Å². The number of nitrogens with zero attached hydrogens (tertiary/aromatic N) is 2. The molecule has 33 heavy (non-hydrogen) atoms. The summed E-state index contributed by atoms with van der Waals surface area (Å²) in [4.78, 5) is 27.2.